The number of nitrogens with one attached hydrogen (secondary N) is 2. The molecule has 1 rings (SSSR count). The summed E-state index contributed by atoms with van der Waals surface area (Å²) >= 11 is 6.87. The van der Waals surface area contributed by atoms with E-state index in [1.807, 2.05) is 0 Å². The van der Waals surface area contributed by atoms with E-state index in [4.69, 9.17) is 16.3 Å². The molecule has 0 saturated carbocycles. The molecule has 2 N–H and O–H groups in total. The van der Waals surface area contributed by atoms with Crippen LogP contribution in [0.4, 0.5) is 9.93 Å². The Morgan fingerprint density at radius 1 is 1.43 bits per heavy atom. The zero-order valence-electron chi connectivity index (χ0n) is 12.9. The van der Waals surface area contributed by atoms with Crippen molar-refractivity contribution in [2.24, 2.45) is 0 Å². The van der Waals surface area contributed by atoms with Crippen LogP contribution in [0.5, 0.6) is 0 Å². The van der Waals surface area contributed by atoms with Crippen LogP contribution in [0.2, 0.25) is 0 Å². The molecule has 1 heterocycles. The van der Waals surface area contributed by atoms with E-state index in [1.165, 1.54) is 0 Å². The zero-order chi connectivity index (χ0) is 17.6. The van der Waals surface area contributed by atoms with Crippen molar-refractivity contribution in [3.8, 4) is 0 Å². The molecule has 0 fully saturated rings. The highest BCUT2D eigenvalue weighted by molar-refractivity contribution is 7.92. The van der Waals surface area contributed by atoms with E-state index in [0.29, 0.717) is 10.6 Å². The van der Waals surface area contributed by atoms with Gasteiger partial charge in [0.05, 0.1) is 23.6 Å². The summed E-state index contributed by atoms with van der Waals surface area (Å²) in [5.41, 5.74) is 0.433. The van der Waals surface area contributed by atoms with E-state index in [0.717, 1.165) is 17.6 Å². The summed E-state index contributed by atoms with van der Waals surface area (Å²) in [7, 11) is -3.47. The first-order valence-electron chi connectivity index (χ1n) is 6.65. The van der Waals surface area contributed by atoms with Gasteiger partial charge >= 0.3 is 12.0 Å². The van der Waals surface area contributed by atoms with Gasteiger partial charge < -0.3 is 10.1 Å². The number of sulfone groups is 1. The van der Waals surface area contributed by atoms with Crippen LogP contribution in [0.3, 0.4) is 0 Å². The Balaban J connectivity index is 2.58. The summed E-state index contributed by atoms with van der Waals surface area (Å²) in [5.74, 6) is -0.404. The Kier molecular flexibility index (Phi) is 7.23. The third kappa shape index (κ3) is 6.32. The standard InChI is InChI=1S/C12H18ClN3O5S2/c1-4-21-8(17)5-6-14-11(18)16-12-15-7(2)9(22-12)10(13)23(3,19)20/h10H,4-6H2,1-3H3,(H2,14,15,16,18). The Morgan fingerprint density at radius 3 is 2.65 bits per heavy atom. The van der Waals surface area contributed by atoms with Crippen LogP contribution in [0.15, 0.2) is 0 Å². The van der Waals surface area contributed by atoms with Crippen LogP contribution >= 0.6 is 22.9 Å². The molecule has 0 aliphatic heterocycles. The molecule has 1 aromatic rings. The van der Waals surface area contributed by atoms with Gasteiger partial charge in [-0.3, -0.25) is 10.1 Å². The summed E-state index contributed by atoms with van der Waals surface area (Å²) in [6.07, 6.45) is 1.08. The molecule has 0 aromatic carbocycles. The molecule has 0 spiro atoms. The number of esters is 1. The normalized spacial score (nSPS) is 12.5. The fourth-order valence-electron chi connectivity index (χ4n) is 1.52. The van der Waals surface area contributed by atoms with Crippen LogP contribution in [0.25, 0.3) is 0 Å². The van der Waals surface area contributed by atoms with Crippen LogP contribution < -0.4 is 10.6 Å². The number of anilines is 1. The predicted octanol–water partition coefficient (Wildman–Crippen LogP) is 1.81. The molecule has 1 aromatic heterocycles. The largest absolute Gasteiger partial charge is 0.466 e. The fraction of sp³-hybridized carbons (Fsp3) is 0.583. The van der Waals surface area contributed by atoms with Crippen molar-refractivity contribution in [2.75, 3.05) is 24.7 Å². The van der Waals surface area contributed by atoms with E-state index in [2.05, 4.69) is 15.6 Å². The number of aromatic nitrogens is 1. The molecule has 0 aliphatic carbocycles. The Bertz CT molecular complexity index is 674. The topological polar surface area (TPSA) is 114 Å². The Labute approximate surface area is 143 Å². The highest BCUT2D eigenvalue weighted by Gasteiger charge is 2.25. The number of rotatable bonds is 7. The van der Waals surface area contributed by atoms with Crippen LogP contribution in [0, 0.1) is 6.92 Å². The summed E-state index contributed by atoms with van der Waals surface area (Å²) in [6, 6.07) is -0.555. The summed E-state index contributed by atoms with van der Waals surface area (Å²) in [4.78, 5) is 27.2. The number of urea groups is 1. The molecule has 0 aliphatic rings. The maximum Gasteiger partial charge on any atom is 0.321 e. The van der Waals surface area contributed by atoms with E-state index < -0.39 is 26.5 Å². The van der Waals surface area contributed by atoms with E-state index in [-0.39, 0.29) is 24.7 Å². The van der Waals surface area contributed by atoms with Crippen molar-refractivity contribution in [2.45, 2.75) is 25.0 Å². The number of ether oxygens (including phenoxy) is 1. The quantitative estimate of drug-likeness (QED) is 0.548. The third-order valence-corrected chi connectivity index (χ3v) is 6.15. The summed E-state index contributed by atoms with van der Waals surface area (Å²) in [5, 5.41) is 5.16. The minimum Gasteiger partial charge on any atom is -0.466 e. The van der Waals surface area contributed by atoms with Crippen molar-refractivity contribution in [1.82, 2.24) is 10.3 Å². The number of nitrogens with zero attached hydrogens (tertiary/aromatic N) is 1. The Hall–Kier alpha value is -1.39. The summed E-state index contributed by atoms with van der Waals surface area (Å²) in [6.45, 7) is 3.70. The van der Waals surface area contributed by atoms with Gasteiger partial charge in [0.1, 0.15) is 0 Å². The van der Waals surface area contributed by atoms with Gasteiger partial charge in [0.2, 0.25) is 0 Å². The fourth-order valence-corrected chi connectivity index (χ4v) is 3.86. The van der Waals surface area contributed by atoms with E-state index in [1.54, 1.807) is 13.8 Å². The van der Waals surface area contributed by atoms with E-state index in [9.17, 15) is 18.0 Å². The number of alkyl halides is 1. The van der Waals surface area contributed by atoms with Gasteiger partial charge in [-0.2, -0.15) is 0 Å². The lowest BCUT2D eigenvalue weighted by Gasteiger charge is -2.05. The molecular weight excluding hydrogens is 366 g/mol. The zero-order valence-corrected chi connectivity index (χ0v) is 15.3. The van der Waals surface area contributed by atoms with Gasteiger partial charge in [-0.05, 0) is 13.8 Å². The number of thiazole rings is 1. The number of hydrogen-bond donors (Lipinski definition) is 2. The SMILES string of the molecule is CCOC(=O)CCNC(=O)Nc1nc(C)c(C(Cl)S(C)(=O)=O)s1. The van der Waals surface area contributed by atoms with Gasteiger partial charge in [0, 0.05) is 12.8 Å². The van der Waals surface area contributed by atoms with Crippen molar-refractivity contribution < 1.29 is 22.7 Å². The van der Waals surface area contributed by atoms with E-state index >= 15 is 0 Å². The molecule has 0 bridgehead atoms. The number of carbonyl (C=O) groups is 2. The van der Waals surface area contributed by atoms with Gasteiger partial charge in [-0.15, -0.1) is 0 Å². The predicted molar refractivity (Wildman–Crippen MR) is 88.6 cm³/mol. The monoisotopic (exact) mass is 383 g/mol. The maximum atomic E-state index is 11.7. The molecule has 130 valence electrons. The number of carbonyl (C=O) groups excluding carboxylic acids is 2. The second-order valence-corrected chi connectivity index (χ2v) is 8.41. The molecule has 11 heteroatoms. The number of amides is 2. The van der Waals surface area contributed by atoms with Gasteiger partial charge in [-0.1, -0.05) is 22.9 Å². The van der Waals surface area contributed by atoms with Gasteiger partial charge in [-0.25, -0.2) is 18.2 Å². The molecule has 23 heavy (non-hydrogen) atoms. The number of hydrogen-bond acceptors (Lipinski definition) is 7. The first-order valence-corrected chi connectivity index (χ1v) is 9.86. The lowest BCUT2D eigenvalue weighted by molar-refractivity contribution is -0.142. The van der Waals surface area contributed by atoms with Crippen LogP contribution in [0.1, 0.15) is 28.6 Å². The molecule has 1 atom stereocenters. The lowest BCUT2D eigenvalue weighted by Crippen LogP contribution is -2.30. The minimum absolute atomic E-state index is 0.0568. The van der Waals surface area contributed by atoms with Gasteiger partial charge in [0.25, 0.3) is 0 Å². The smallest absolute Gasteiger partial charge is 0.321 e. The highest BCUT2D eigenvalue weighted by atomic mass is 35.5. The Morgan fingerprint density at radius 2 is 2.09 bits per heavy atom. The molecule has 2 amide bonds. The molecular formula is C12H18ClN3O5S2. The minimum atomic E-state index is -3.47. The molecule has 8 nitrogen and oxygen atoms in total. The lowest BCUT2D eigenvalue weighted by atomic mass is 10.4. The second-order valence-electron chi connectivity index (χ2n) is 4.55. The average molecular weight is 384 g/mol. The van der Waals surface area contributed by atoms with Gasteiger partial charge in [0.15, 0.2) is 19.7 Å². The first-order chi connectivity index (χ1) is 10.6. The van der Waals surface area contributed by atoms with Crippen molar-refractivity contribution in [3.05, 3.63) is 10.6 Å². The van der Waals surface area contributed by atoms with Crippen molar-refractivity contribution in [3.63, 3.8) is 0 Å². The number of halogens is 1. The van der Waals surface area contributed by atoms with Crippen LogP contribution in [-0.4, -0.2) is 44.8 Å². The summed E-state index contributed by atoms with van der Waals surface area (Å²) < 4.78 is 26.5. The second kappa shape index (κ2) is 8.46. The average Bonchev–Trinajstić information content (AvgIpc) is 2.77. The third-order valence-electron chi connectivity index (χ3n) is 2.55. The molecule has 0 radical (unpaired) electrons. The van der Waals surface area contributed by atoms with Crippen molar-refractivity contribution in [1.29, 1.82) is 0 Å². The molecule has 1 unspecified atom stereocenters. The van der Waals surface area contributed by atoms with Crippen LogP contribution in [-0.2, 0) is 19.4 Å². The first kappa shape index (κ1) is 19.7. The van der Waals surface area contributed by atoms with Crippen molar-refractivity contribution >= 4 is 49.9 Å². The highest BCUT2D eigenvalue weighted by Crippen LogP contribution is 2.35. The number of aryl methyl sites for hydroxylation is 1. The maximum absolute atomic E-state index is 11.7. The molecule has 0 saturated heterocycles.